The van der Waals surface area contributed by atoms with E-state index in [0.29, 0.717) is 28.9 Å². The minimum absolute atomic E-state index is 0. The molecule has 490 valence electrons. The maximum atomic E-state index is 12.4. The zero-order chi connectivity index (χ0) is 67.8. The quantitative estimate of drug-likeness (QED) is 0.0718. The van der Waals surface area contributed by atoms with Gasteiger partial charge in [-0.2, -0.15) is 0 Å². The third-order valence-corrected chi connectivity index (χ3v) is 15.1. The van der Waals surface area contributed by atoms with Crippen molar-refractivity contribution in [2.24, 2.45) is 0 Å². The van der Waals surface area contributed by atoms with Gasteiger partial charge >= 0.3 is 44.9 Å². The topological polar surface area (TPSA) is 336 Å². The Morgan fingerprint density at radius 3 is 0.552 bits per heavy atom. The number of carbonyl (C=O) groups is 13. The summed E-state index contributed by atoms with van der Waals surface area (Å²) in [7, 11) is 0. The number of ether oxygens (including phenoxy) is 1. The summed E-state index contributed by atoms with van der Waals surface area (Å²) in [5.41, 5.74) is 4.69. The maximum absolute atomic E-state index is 12.4. The molecule has 4 aliphatic rings. The predicted octanol–water partition coefficient (Wildman–Crippen LogP) is 3.14. The van der Waals surface area contributed by atoms with E-state index in [-0.39, 0.29) is 115 Å². The van der Waals surface area contributed by atoms with Crippen molar-refractivity contribution in [2.75, 3.05) is 6.61 Å². The summed E-state index contributed by atoms with van der Waals surface area (Å²) in [5, 5.41) is 45.9. The summed E-state index contributed by atoms with van der Waals surface area (Å²) in [6.45, 7) is 3.65. The molecule has 8 aromatic rings. The number of hydrogen-bond donors (Lipinski definition) is 0. The molecule has 0 aliphatic carbocycles. The molecule has 0 saturated carbocycles. The van der Waals surface area contributed by atoms with Crippen molar-refractivity contribution in [3.63, 3.8) is 0 Å². The molecule has 0 N–H and O–H groups in total. The van der Waals surface area contributed by atoms with E-state index >= 15 is 0 Å². The van der Waals surface area contributed by atoms with Crippen molar-refractivity contribution < 1.29 is 126 Å². The van der Waals surface area contributed by atoms with Crippen LogP contribution in [0, 0.1) is 0 Å². The average Bonchev–Trinajstić information content (AvgIpc) is 1.72. The van der Waals surface area contributed by atoms with Crippen LogP contribution < -0.4 is 20.4 Å². The summed E-state index contributed by atoms with van der Waals surface area (Å²) >= 11 is 0. The van der Waals surface area contributed by atoms with Gasteiger partial charge in [-0.1, -0.05) is 170 Å². The summed E-state index contributed by atoms with van der Waals surface area (Å²) in [4.78, 5) is 158. The zero-order valence-corrected chi connectivity index (χ0v) is 54.2. The number of imide groups is 4. The van der Waals surface area contributed by atoms with Crippen LogP contribution in [0.2, 0.25) is 0 Å². The first-order chi connectivity index (χ1) is 45.1. The number of carbonyl (C=O) groups excluding carboxylic acids is 13. The van der Waals surface area contributed by atoms with Crippen LogP contribution in [0.4, 0.5) is 0 Å². The number of rotatable bonds is 17. The second-order valence-electron chi connectivity index (χ2n) is 21.1. The molecule has 4 heterocycles. The van der Waals surface area contributed by atoms with Crippen molar-refractivity contribution >= 4 is 77.1 Å². The molecule has 12 rings (SSSR count). The van der Waals surface area contributed by atoms with Crippen LogP contribution in [-0.4, -0.2) is 127 Å². The van der Waals surface area contributed by atoms with Gasteiger partial charge in [-0.05, 0) is 103 Å². The summed E-state index contributed by atoms with van der Waals surface area (Å²) in [6, 6.07) is 55.3. The Morgan fingerprint density at radius 1 is 0.292 bits per heavy atom. The van der Waals surface area contributed by atoms with Crippen molar-refractivity contribution in [2.45, 2.75) is 63.7 Å². The first-order valence-electron chi connectivity index (χ1n) is 29.1. The van der Waals surface area contributed by atoms with E-state index in [2.05, 4.69) is 4.74 Å². The average molecular weight is 1470 g/mol. The third kappa shape index (κ3) is 17.2. The molecule has 0 aromatic heterocycles. The molecule has 0 spiro atoms. The fourth-order valence-corrected chi connectivity index (χ4v) is 10.6. The zero-order valence-electron chi connectivity index (χ0n) is 50.9. The molecule has 8 aromatic carbocycles. The molecule has 2 radical (unpaired) electrons. The monoisotopic (exact) mass is 1470 g/mol. The first kappa shape index (κ1) is 74.0. The fourth-order valence-electron chi connectivity index (χ4n) is 10.6. The number of esters is 1. The van der Waals surface area contributed by atoms with E-state index in [1.807, 2.05) is 0 Å². The molecule has 24 heteroatoms. The minimum Gasteiger partial charge on any atom is -0.548 e. The molecule has 96 heavy (non-hydrogen) atoms. The van der Waals surface area contributed by atoms with Gasteiger partial charge in [-0.25, -0.2) is 0 Å². The van der Waals surface area contributed by atoms with Gasteiger partial charge in [-0.15, -0.1) is 0 Å². The fraction of sp³-hybridized carbons (Fsp3) is 0.153. The summed E-state index contributed by atoms with van der Waals surface area (Å²) in [6.07, 6.45) is 0.0898. The number of carboxylic acid groups (broad SMARTS) is 4. The number of nitrogens with zero attached hydrogens (tertiary/aromatic N) is 4. The molecule has 4 unspecified atom stereocenters. The van der Waals surface area contributed by atoms with Crippen molar-refractivity contribution in [1.29, 1.82) is 0 Å². The number of benzene rings is 8. The minimum atomic E-state index is -1.45. The number of amides is 8. The molecule has 4 atom stereocenters. The molecular formula is C72H56N4O18Rh2. The normalized spacial score (nSPS) is 14.1. The smallest absolute Gasteiger partial charge is 0.548 e. The van der Waals surface area contributed by atoms with Crippen LogP contribution in [0.3, 0.4) is 0 Å². The molecule has 0 fully saturated rings. The second kappa shape index (κ2) is 34.2. The van der Waals surface area contributed by atoms with Gasteiger partial charge < -0.3 is 44.3 Å². The molecule has 22 nitrogen and oxygen atoms in total. The Labute approximate surface area is 575 Å². The van der Waals surface area contributed by atoms with Gasteiger partial charge in [0.2, 0.25) is 0 Å². The Balaban J connectivity index is 0.000000195. The third-order valence-electron chi connectivity index (χ3n) is 15.1. The summed E-state index contributed by atoms with van der Waals surface area (Å²) in [5.74, 6) is -10.7. The Bertz CT molecular complexity index is 3570. The first-order valence-corrected chi connectivity index (χ1v) is 29.1. The molecular weight excluding hydrogens is 1410 g/mol. The SMILES string of the molecule is CCOC(C)=O.O=C([O-])C(Cc1ccccc1)N1C(=O)c2ccccc2C1=O.O=C([O-])C(Cc1ccccc1)N1C(=O)c2ccccc2C1=O.O=C([O-])C(Cc1ccccc1)N1C(=O)c2ccccc2C1=O.O=C([O-])C(Cc1ccccc1)N1C(=O)c2ccccc2C1=O.[Rh+2].[Rh+2]. The van der Waals surface area contributed by atoms with Crippen molar-refractivity contribution in [3.05, 3.63) is 285 Å². The summed E-state index contributed by atoms with van der Waals surface area (Å²) < 4.78 is 4.40. The molecule has 0 saturated heterocycles. The number of carboxylic acids is 4. The van der Waals surface area contributed by atoms with E-state index < -0.39 is 95.3 Å². The predicted molar refractivity (Wildman–Crippen MR) is 326 cm³/mol. The van der Waals surface area contributed by atoms with Crippen molar-refractivity contribution in [3.8, 4) is 0 Å². The maximum Gasteiger partial charge on any atom is 2.00 e. The molecule has 8 amide bonds. The van der Waals surface area contributed by atoms with E-state index in [0.717, 1.165) is 19.6 Å². The Morgan fingerprint density at radius 2 is 0.438 bits per heavy atom. The van der Waals surface area contributed by atoms with Crippen LogP contribution in [0.15, 0.2) is 218 Å². The number of aliphatic carboxylic acids is 4. The van der Waals surface area contributed by atoms with Crippen LogP contribution >= 0.6 is 0 Å². The van der Waals surface area contributed by atoms with E-state index in [9.17, 15) is 82.8 Å². The van der Waals surface area contributed by atoms with Gasteiger partial charge in [-0.3, -0.25) is 62.8 Å². The second-order valence-corrected chi connectivity index (χ2v) is 21.1. The van der Waals surface area contributed by atoms with Crippen LogP contribution in [0.25, 0.3) is 0 Å². The van der Waals surface area contributed by atoms with Gasteiger partial charge in [0.1, 0.15) is 0 Å². The number of fused-ring (bicyclic) bond motifs is 4. The van der Waals surface area contributed by atoms with E-state index in [1.54, 1.807) is 177 Å². The van der Waals surface area contributed by atoms with Crippen LogP contribution in [0.5, 0.6) is 0 Å². The Hall–Kier alpha value is -11.1. The van der Waals surface area contributed by atoms with Gasteiger partial charge in [0.25, 0.3) is 47.3 Å². The van der Waals surface area contributed by atoms with Crippen LogP contribution in [0.1, 0.15) is 119 Å². The Kier molecular flexibility index (Phi) is 26.3. The molecule has 4 aliphatic heterocycles. The van der Waals surface area contributed by atoms with Crippen molar-refractivity contribution in [1.82, 2.24) is 19.6 Å². The standard InChI is InChI=1S/4C17H13NO4.C4H8O2.2Rh/c4*19-15-12-8-4-5-9-13(12)16(20)18(15)14(17(21)22)10-11-6-2-1-3-7-11;1-3-6-4(2)5;;/h4*1-9,14H,10H2,(H,21,22);3H2,1-2H3;;/q;;;;;2*+2/p-4. The van der Waals surface area contributed by atoms with Crippen LogP contribution in [-0.2, 0) is 93.3 Å². The number of hydrogen-bond acceptors (Lipinski definition) is 18. The molecule has 0 bridgehead atoms. The largest absolute Gasteiger partial charge is 2.00 e. The van der Waals surface area contributed by atoms with Gasteiger partial charge in [0.15, 0.2) is 0 Å². The van der Waals surface area contributed by atoms with E-state index in [1.165, 1.54) is 55.5 Å². The van der Waals surface area contributed by atoms with Gasteiger partial charge in [0.05, 0.1) is 99.2 Å². The van der Waals surface area contributed by atoms with Gasteiger partial charge in [0, 0.05) is 6.92 Å². The van der Waals surface area contributed by atoms with E-state index in [4.69, 9.17) is 0 Å².